The lowest BCUT2D eigenvalue weighted by Crippen LogP contribution is -2.45. The van der Waals surface area contributed by atoms with Crippen molar-refractivity contribution in [1.82, 2.24) is 5.32 Å². The second-order valence-electron chi connectivity index (χ2n) is 7.54. The normalized spacial score (nSPS) is 35.4. The predicted octanol–water partition coefficient (Wildman–Crippen LogP) is 2.62. The summed E-state index contributed by atoms with van der Waals surface area (Å²) >= 11 is 0. The van der Waals surface area contributed by atoms with E-state index in [1.165, 1.54) is 25.7 Å². The van der Waals surface area contributed by atoms with Crippen LogP contribution >= 0.6 is 0 Å². The van der Waals surface area contributed by atoms with Crippen molar-refractivity contribution in [1.29, 1.82) is 0 Å². The minimum Gasteiger partial charge on any atom is -0.313 e. The van der Waals surface area contributed by atoms with Crippen molar-refractivity contribution < 1.29 is 8.42 Å². The van der Waals surface area contributed by atoms with Gasteiger partial charge >= 0.3 is 0 Å². The molecule has 19 heavy (non-hydrogen) atoms. The van der Waals surface area contributed by atoms with E-state index < -0.39 is 9.84 Å². The van der Waals surface area contributed by atoms with E-state index in [0.717, 1.165) is 18.9 Å². The molecule has 1 N–H and O–H groups in total. The Morgan fingerprint density at radius 3 is 2.37 bits per heavy atom. The third-order valence-electron chi connectivity index (χ3n) is 4.87. The van der Waals surface area contributed by atoms with Crippen LogP contribution in [0, 0.1) is 17.3 Å². The Balaban J connectivity index is 1.87. The highest BCUT2D eigenvalue weighted by molar-refractivity contribution is 7.91. The van der Waals surface area contributed by atoms with Crippen LogP contribution in [-0.2, 0) is 9.84 Å². The van der Waals surface area contributed by atoms with Gasteiger partial charge in [-0.25, -0.2) is 8.42 Å². The summed E-state index contributed by atoms with van der Waals surface area (Å²) in [5.41, 5.74) is 0.347. The lowest BCUT2D eigenvalue weighted by molar-refractivity contribution is 0.128. The maximum Gasteiger partial charge on any atom is 0.150 e. The Bertz CT molecular complexity index is 397. The maximum atomic E-state index is 11.5. The molecular formula is C15H29NO2S. The largest absolute Gasteiger partial charge is 0.313 e. The van der Waals surface area contributed by atoms with Crippen LogP contribution in [-0.4, -0.2) is 32.5 Å². The van der Waals surface area contributed by atoms with Gasteiger partial charge in [-0.3, -0.25) is 0 Å². The number of sulfone groups is 1. The molecule has 1 saturated carbocycles. The summed E-state index contributed by atoms with van der Waals surface area (Å²) in [4.78, 5) is 0. The molecule has 0 radical (unpaired) electrons. The molecule has 3 unspecified atom stereocenters. The first-order valence-electron chi connectivity index (χ1n) is 7.72. The van der Waals surface area contributed by atoms with Crippen LogP contribution in [0.3, 0.4) is 0 Å². The molecular weight excluding hydrogens is 258 g/mol. The number of hydrogen-bond acceptors (Lipinski definition) is 3. The van der Waals surface area contributed by atoms with E-state index in [1.54, 1.807) is 0 Å². The summed E-state index contributed by atoms with van der Waals surface area (Å²) < 4.78 is 23.0. The van der Waals surface area contributed by atoms with Crippen LogP contribution in [0.25, 0.3) is 0 Å². The van der Waals surface area contributed by atoms with E-state index >= 15 is 0 Å². The van der Waals surface area contributed by atoms with Crippen LogP contribution < -0.4 is 5.32 Å². The summed E-state index contributed by atoms with van der Waals surface area (Å²) in [5.74, 6) is 1.85. The Morgan fingerprint density at radius 1 is 1.11 bits per heavy atom. The lowest BCUT2D eigenvalue weighted by atomic mass is 9.69. The van der Waals surface area contributed by atoms with Crippen LogP contribution in [0.5, 0.6) is 0 Å². The van der Waals surface area contributed by atoms with Gasteiger partial charge in [0.15, 0.2) is 9.84 Å². The summed E-state index contributed by atoms with van der Waals surface area (Å²) in [7, 11) is -2.73. The minimum absolute atomic E-state index is 0.340. The van der Waals surface area contributed by atoms with E-state index in [1.807, 2.05) is 0 Å². The SMILES string of the molecule is CC(C)(C)C1CCCCC1NCC1CCS(=O)(=O)C1. The van der Waals surface area contributed by atoms with Gasteiger partial charge in [0.1, 0.15) is 0 Å². The van der Waals surface area contributed by atoms with Gasteiger partial charge in [-0.1, -0.05) is 33.6 Å². The molecule has 0 bridgehead atoms. The highest BCUT2D eigenvalue weighted by Crippen LogP contribution is 2.38. The van der Waals surface area contributed by atoms with Gasteiger partial charge in [0.05, 0.1) is 11.5 Å². The molecule has 4 heteroatoms. The van der Waals surface area contributed by atoms with Crippen LogP contribution in [0.15, 0.2) is 0 Å². The number of rotatable bonds is 3. The topological polar surface area (TPSA) is 46.2 Å². The lowest BCUT2D eigenvalue weighted by Gasteiger charge is -2.41. The van der Waals surface area contributed by atoms with Gasteiger partial charge in [-0.05, 0) is 43.1 Å². The highest BCUT2D eigenvalue weighted by Gasteiger charge is 2.35. The van der Waals surface area contributed by atoms with Gasteiger partial charge < -0.3 is 5.32 Å². The van der Waals surface area contributed by atoms with Gasteiger partial charge in [-0.2, -0.15) is 0 Å². The minimum atomic E-state index is -2.73. The molecule has 2 rings (SSSR count). The van der Waals surface area contributed by atoms with Crippen molar-refractivity contribution >= 4 is 9.84 Å². The second kappa shape index (κ2) is 5.72. The quantitative estimate of drug-likeness (QED) is 0.868. The van der Waals surface area contributed by atoms with E-state index in [9.17, 15) is 8.42 Å². The molecule has 1 saturated heterocycles. The Hall–Kier alpha value is -0.0900. The van der Waals surface area contributed by atoms with Crippen molar-refractivity contribution in [3.8, 4) is 0 Å². The van der Waals surface area contributed by atoms with Crippen molar-refractivity contribution in [3.63, 3.8) is 0 Å². The number of nitrogens with one attached hydrogen (secondary N) is 1. The molecule has 0 amide bonds. The summed E-state index contributed by atoms with van der Waals surface area (Å²) in [6.45, 7) is 7.88. The van der Waals surface area contributed by atoms with Crippen molar-refractivity contribution in [2.45, 2.75) is 58.9 Å². The smallest absolute Gasteiger partial charge is 0.150 e. The van der Waals surface area contributed by atoms with Gasteiger partial charge in [0.25, 0.3) is 0 Å². The molecule has 2 fully saturated rings. The molecule has 112 valence electrons. The fraction of sp³-hybridized carbons (Fsp3) is 1.00. The molecule has 2 aliphatic rings. The molecule has 0 aromatic heterocycles. The fourth-order valence-corrected chi connectivity index (χ4v) is 5.62. The average Bonchev–Trinajstić information content (AvgIpc) is 2.66. The third kappa shape index (κ3) is 4.19. The summed E-state index contributed by atoms with van der Waals surface area (Å²) in [6, 6.07) is 0.581. The van der Waals surface area contributed by atoms with Crippen molar-refractivity contribution in [2.24, 2.45) is 17.3 Å². The van der Waals surface area contributed by atoms with Gasteiger partial charge in [0.2, 0.25) is 0 Å². The molecule has 3 atom stereocenters. The zero-order valence-electron chi connectivity index (χ0n) is 12.6. The molecule has 3 nitrogen and oxygen atoms in total. The van der Waals surface area contributed by atoms with E-state index in [0.29, 0.717) is 28.9 Å². The predicted molar refractivity (Wildman–Crippen MR) is 80.0 cm³/mol. The average molecular weight is 287 g/mol. The van der Waals surface area contributed by atoms with Crippen LogP contribution in [0.2, 0.25) is 0 Å². The first kappa shape index (κ1) is 15.3. The first-order valence-corrected chi connectivity index (χ1v) is 9.54. The zero-order valence-corrected chi connectivity index (χ0v) is 13.4. The highest BCUT2D eigenvalue weighted by atomic mass is 32.2. The molecule has 0 spiro atoms. The summed E-state index contributed by atoms with van der Waals surface area (Å²) in [6.07, 6.45) is 6.07. The molecule has 1 aliphatic carbocycles. The van der Waals surface area contributed by atoms with Crippen LogP contribution in [0.1, 0.15) is 52.9 Å². The van der Waals surface area contributed by atoms with E-state index in [4.69, 9.17) is 0 Å². The van der Waals surface area contributed by atoms with Gasteiger partial charge in [-0.15, -0.1) is 0 Å². The third-order valence-corrected chi connectivity index (χ3v) is 6.71. The van der Waals surface area contributed by atoms with E-state index in [2.05, 4.69) is 26.1 Å². The zero-order chi connectivity index (χ0) is 14.1. The van der Waals surface area contributed by atoms with Gasteiger partial charge in [0, 0.05) is 6.04 Å². The Labute approximate surface area is 118 Å². The monoisotopic (exact) mass is 287 g/mol. The molecule has 1 aliphatic heterocycles. The molecule has 0 aromatic carbocycles. The Kier molecular flexibility index (Phi) is 4.61. The van der Waals surface area contributed by atoms with Crippen LogP contribution in [0.4, 0.5) is 0 Å². The standard InChI is InChI=1S/C15H29NO2S/c1-15(2,3)13-6-4-5-7-14(13)16-10-12-8-9-19(17,18)11-12/h12-14,16H,4-11H2,1-3H3. The number of hydrogen-bond donors (Lipinski definition) is 1. The first-order chi connectivity index (χ1) is 8.78. The second-order valence-corrected chi connectivity index (χ2v) is 9.77. The Morgan fingerprint density at radius 2 is 1.79 bits per heavy atom. The van der Waals surface area contributed by atoms with Crippen molar-refractivity contribution in [2.75, 3.05) is 18.1 Å². The van der Waals surface area contributed by atoms with Crippen molar-refractivity contribution in [3.05, 3.63) is 0 Å². The fourth-order valence-electron chi connectivity index (χ4n) is 3.76. The van der Waals surface area contributed by atoms with E-state index in [-0.39, 0.29) is 0 Å². The molecule has 1 heterocycles. The maximum absolute atomic E-state index is 11.5. The summed E-state index contributed by atoms with van der Waals surface area (Å²) in [5, 5.41) is 3.69. The molecule has 0 aromatic rings.